The van der Waals surface area contributed by atoms with Gasteiger partial charge in [0.15, 0.2) is 5.82 Å². The van der Waals surface area contributed by atoms with E-state index in [-0.39, 0.29) is 5.91 Å². The van der Waals surface area contributed by atoms with Crippen molar-refractivity contribution in [2.24, 2.45) is 0 Å². The molecule has 0 saturated carbocycles. The molecule has 0 spiro atoms. The second kappa shape index (κ2) is 5.32. The highest BCUT2D eigenvalue weighted by atomic mass is 16.2. The summed E-state index contributed by atoms with van der Waals surface area (Å²) >= 11 is 0. The molecule has 21 heavy (non-hydrogen) atoms. The van der Waals surface area contributed by atoms with E-state index in [9.17, 15) is 4.79 Å². The SMILES string of the molecule is Cc1nc(CN(C)C(=O)c2cccc3ncccc23)n[nH]1. The van der Waals surface area contributed by atoms with Gasteiger partial charge < -0.3 is 4.90 Å². The van der Waals surface area contributed by atoms with Crippen LogP contribution >= 0.6 is 0 Å². The van der Waals surface area contributed by atoms with Gasteiger partial charge >= 0.3 is 0 Å². The van der Waals surface area contributed by atoms with Crippen LogP contribution in [0.3, 0.4) is 0 Å². The van der Waals surface area contributed by atoms with Crippen molar-refractivity contribution >= 4 is 16.8 Å². The van der Waals surface area contributed by atoms with Gasteiger partial charge in [-0.3, -0.25) is 14.9 Å². The number of rotatable bonds is 3. The Kier molecular flexibility index (Phi) is 3.35. The largest absolute Gasteiger partial charge is 0.334 e. The zero-order valence-corrected chi connectivity index (χ0v) is 11.9. The maximum Gasteiger partial charge on any atom is 0.254 e. The first-order chi connectivity index (χ1) is 10.1. The van der Waals surface area contributed by atoms with Gasteiger partial charge in [-0.25, -0.2) is 4.98 Å². The molecule has 3 rings (SSSR count). The monoisotopic (exact) mass is 281 g/mol. The zero-order valence-electron chi connectivity index (χ0n) is 11.9. The average molecular weight is 281 g/mol. The summed E-state index contributed by atoms with van der Waals surface area (Å²) in [4.78, 5) is 22.7. The molecule has 1 amide bonds. The van der Waals surface area contributed by atoms with Crippen molar-refractivity contribution in [1.82, 2.24) is 25.1 Å². The lowest BCUT2D eigenvalue weighted by atomic mass is 10.1. The number of nitrogens with zero attached hydrogens (tertiary/aromatic N) is 4. The van der Waals surface area contributed by atoms with Crippen LogP contribution in [0.4, 0.5) is 0 Å². The summed E-state index contributed by atoms with van der Waals surface area (Å²) in [6.07, 6.45) is 1.72. The number of aromatic nitrogens is 4. The minimum atomic E-state index is -0.0731. The minimum absolute atomic E-state index is 0.0731. The first-order valence-electron chi connectivity index (χ1n) is 6.62. The smallest absolute Gasteiger partial charge is 0.254 e. The van der Waals surface area contributed by atoms with Crippen molar-refractivity contribution in [3.8, 4) is 0 Å². The van der Waals surface area contributed by atoms with E-state index in [1.165, 1.54) is 0 Å². The van der Waals surface area contributed by atoms with Crippen LogP contribution in [0.25, 0.3) is 10.9 Å². The highest BCUT2D eigenvalue weighted by Gasteiger charge is 2.16. The molecule has 1 N–H and O–H groups in total. The molecule has 0 bridgehead atoms. The number of fused-ring (bicyclic) bond motifs is 1. The van der Waals surface area contributed by atoms with Gasteiger partial charge in [-0.2, -0.15) is 5.10 Å². The number of hydrogen-bond acceptors (Lipinski definition) is 4. The fraction of sp³-hybridized carbons (Fsp3) is 0.200. The number of pyridine rings is 1. The molecule has 6 nitrogen and oxygen atoms in total. The quantitative estimate of drug-likeness (QED) is 0.796. The number of benzene rings is 1. The van der Waals surface area contributed by atoms with Crippen molar-refractivity contribution in [1.29, 1.82) is 0 Å². The Hall–Kier alpha value is -2.76. The number of amides is 1. The molecule has 0 aliphatic carbocycles. The molecule has 2 heterocycles. The number of aromatic amines is 1. The van der Waals surface area contributed by atoms with E-state index in [4.69, 9.17) is 0 Å². The number of hydrogen-bond donors (Lipinski definition) is 1. The van der Waals surface area contributed by atoms with Crippen molar-refractivity contribution in [2.45, 2.75) is 13.5 Å². The molecular weight excluding hydrogens is 266 g/mol. The van der Waals surface area contributed by atoms with Gasteiger partial charge in [-0.05, 0) is 25.1 Å². The lowest BCUT2D eigenvalue weighted by molar-refractivity contribution is 0.0783. The summed E-state index contributed by atoms with van der Waals surface area (Å²) < 4.78 is 0. The Bertz CT molecular complexity index is 790. The molecule has 0 fully saturated rings. The maximum absolute atomic E-state index is 12.6. The summed E-state index contributed by atoms with van der Waals surface area (Å²) in [6.45, 7) is 2.19. The van der Waals surface area contributed by atoms with Crippen molar-refractivity contribution in [3.63, 3.8) is 0 Å². The number of H-pyrrole nitrogens is 1. The normalized spacial score (nSPS) is 10.8. The second-order valence-electron chi connectivity index (χ2n) is 4.87. The molecule has 0 unspecified atom stereocenters. The molecule has 106 valence electrons. The Morgan fingerprint density at radius 1 is 1.29 bits per heavy atom. The van der Waals surface area contributed by atoms with E-state index < -0.39 is 0 Å². The van der Waals surface area contributed by atoms with Crippen LogP contribution in [-0.2, 0) is 6.54 Å². The molecule has 0 aliphatic rings. The van der Waals surface area contributed by atoms with Crippen molar-refractivity contribution in [2.75, 3.05) is 7.05 Å². The zero-order chi connectivity index (χ0) is 14.8. The molecule has 1 aromatic carbocycles. The van der Waals surface area contributed by atoms with Crippen LogP contribution in [-0.4, -0.2) is 38.0 Å². The van der Waals surface area contributed by atoms with E-state index >= 15 is 0 Å². The van der Waals surface area contributed by atoms with Gasteiger partial charge in [-0.15, -0.1) is 0 Å². The fourth-order valence-corrected chi connectivity index (χ4v) is 2.24. The van der Waals surface area contributed by atoms with Crippen LogP contribution < -0.4 is 0 Å². The lowest BCUT2D eigenvalue weighted by Crippen LogP contribution is -2.27. The molecule has 0 radical (unpaired) electrons. The lowest BCUT2D eigenvalue weighted by Gasteiger charge is -2.16. The van der Waals surface area contributed by atoms with Crippen LogP contribution in [0, 0.1) is 6.92 Å². The Morgan fingerprint density at radius 2 is 2.14 bits per heavy atom. The summed E-state index contributed by atoms with van der Waals surface area (Å²) in [5.74, 6) is 1.26. The van der Waals surface area contributed by atoms with Gasteiger partial charge in [0.25, 0.3) is 5.91 Å². The van der Waals surface area contributed by atoms with Crippen LogP contribution in [0.15, 0.2) is 36.5 Å². The first kappa shape index (κ1) is 13.2. The predicted molar refractivity (Wildman–Crippen MR) is 78.7 cm³/mol. The molecule has 3 aromatic rings. The number of carbonyl (C=O) groups excluding carboxylic acids is 1. The molecule has 0 saturated heterocycles. The van der Waals surface area contributed by atoms with E-state index in [0.717, 1.165) is 16.7 Å². The predicted octanol–water partition coefficient (Wildman–Crippen LogP) is 1.93. The molecule has 0 aliphatic heterocycles. The van der Waals surface area contributed by atoms with E-state index in [2.05, 4.69) is 20.2 Å². The van der Waals surface area contributed by atoms with E-state index in [0.29, 0.717) is 17.9 Å². The molecule has 0 atom stereocenters. The van der Waals surface area contributed by atoms with Crippen LogP contribution in [0.2, 0.25) is 0 Å². The van der Waals surface area contributed by atoms with Crippen LogP contribution in [0.1, 0.15) is 22.0 Å². The number of nitrogens with one attached hydrogen (secondary N) is 1. The highest BCUT2D eigenvalue weighted by Crippen LogP contribution is 2.18. The van der Waals surface area contributed by atoms with Gasteiger partial charge in [-0.1, -0.05) is 12.1 Å². The first-order valence-corrected chi connectivity index (χ1v) is 6.62. The Labute approximate surface area is 121 Å². The van der Waals surface area contributed by atoms with Gasteiger partial charge in [0.2, 0.25) is 0 Å². The number of aryl methyl sites for hydroxylation is 1. The van der Waals surface area contributed by atoms with Crippen molar-refractivity contribution < 1.29 is 4.79 Å². The summed E-state index contributed by atoms with van der Waals surface area (Å²) in [5.41, 5.74) is 1.45. The molecule has 2 aromatic heterocycles. The third-order valence-electron chi connectivity index (χ3n) is 3.24. The average Bonchev–Trinajstić information content (AvgIpc) is 2.91. The van der Waals surface area contributed by atoms with E-state index in [1.807, 2.05) is 37.3 Å². The van der Waals surface area contributed by atoms with Crippen LogP contribution in [0.5, 0.6) is 0 Å². The Balaban J connectivity index is 1.89. The highest BCUT2D eigenvalue weighted by molar-refractivity contribution is 6.05. The van der Waals surface area contributed by atoms with Crippen molar-refractivity contribution in [3.05, 3.63) is 53.7 Å². The molecular formula is C15H15N5O. The fourth-order valence-electron chi connectivity index (χ4n) is 2.24. The second-order valence-corrected chi connectivity index (χ2v) is 4.87. The maximum atomic E-state index is 12.6. The Morgan fingerprint density at radius 3 is 2.90 bits per heavy atom. The summed E-state index contributed by atoms with van der Waals surface area (Å²) in [7, 11) is 1.74. The standard InChI is InChI=1S/C15H15N5O/c1-10-17-14(19-18-10)9-20(2)15(21)12-5-3-7-13-11(12)6-4-8-16-13/h3-8H,9H2,1-2H3,(H,17,18,19). The van der Waals surface area contributed by atoms with Gasteiger partial charge in [0, 0.05) is 24.2 Å². The summed E-state index contributed by atoms with van der Waals surface area (Å²) in [5, 5.41) is 7.68. The minimum Gasteiger partial charge on any atom is -0.334 e. The van der Waals surface area contributed by atoms with Gasteiger partial charge in [0.05, 0.1) is 12.1 Å². The molecule has 6 heteroatoms. The summed E-state index contributed by atoms with van der Waals surface area (Å²) in [6, 6.07) is 9.28. The number of carbonyl (C=O) groups is 1. The topological polar surface area (TPSA) is 74.8 Å². The third-order valence-corrected chi connectivity index (χ3v) is 3.24. The van der Waals surface area contributed by atoms with Gasteiger partial charge in [0.1, 0.15) is 5.82 Å². The van der Waals surface area contributed by atoms with E-state index in [1.54, 1.807) is 18.1 Å². The third kappa shape index (κ3) is 2.60.